The lowest BCUT2D eigenvalue weighted by Gasteiger charge is -2.30. The molecule has 2 aliphatic heterocycles. The van der Waals surface area contributed by atoms with Crippen molar-refractivity contribution in [3.05, 3.63) is 35.5 Å². The number of hydrogen-bond acceptors (Lipinski definition) is 6. The number of hydrogen-bond donors (Lipinski definition) is 1. The lowest BCUT2D eigenvalue weighted by Crippen LogP contribution is -2.43. The third-order valence-electron chi connectivity index (χ3n) is 5.62. The van der Waals surface area contributed by atoms with Crippen molar-refractivity contribution >= 4 is 11.9 Å². The standard InChI is InChI=1S/C20H26O6/c1-10-7-6-8-11(2)17(25-19(23)20(5)13(4)26-20)16(21)15-12(3)18(22)24-14(15)9-10/h8-9,13-17,21H,3,6-7H2,1-2,4-5H3/b10-9+,11-8-/t13-,14+,15+,16-,17+,20-/m1/s1. The number of fused-ring (bicyclic) bond motifs is 1. The molecular formula is C20H26O6. The quantitative estimate of drug-likeness (QED) is 0.351. The molecule has 0 amide bonds. The van der Waals surface area contributed by atoms with Crippen LogP contribution in [-0.4, -0.2) is 47.1 Å². The number of aliphatic hydroxyl groups is 1. The molecule has 2 saturated heterocycles. The number of rotatable bonds is 2. The SMILES string of the molecule is C=C1C(=O)O[C@H]2/C=C(\C)CC/C=C(/C)[C@H](OC(=O)[C@]3(C)O[C@@H]3C)[C@H](O)[C@@H]12. The van der Waals surface area contributed by atoms with E-state index in [2.05, 4.69) is 6.58 Å². The molecule has 0 aromatic rings. The molecule has 2 heterocycles. The van der Waals surface area contributed by atoms with Gasteiger partial charge in [0.1, 0.15) is 18.3 Å². The highest BCUT2D eigenvalue weighted by Gasteiger charge is 2.58. The van der Waals surface area contributed by atoms with Crippen LogP contribution in [0.2, 0.25) is 0 Å². The maximum atomic E-state index is 12.5. The summed E-state index contributed by atoms with van der Waals surface area (Å²) in [6.45, 7) is 11.0. The van der Waals surface area contributed by atoms with Gasteiger partial charge >= 0.3 is 11.9 Å². The van der Waals surface area contributed by atoms with Gasteiger partial charge in [-0.15, -0.1) is 0 Å². The number of esters is 2. The molecule has 2 fully saturated rings. The Labute approximate surface area is 153 Å². The summed E-state index contributed by atoms with van der Waals surface area (Å²) < 4.78 is 16.4. The van der Waals surface area contributed by atoms with Crippen molar-refractivity contribution < 1.29 is 28.9 Å². The molecule has 1 N–H and O–H groups in total. The number of allylic oxidation sites excluding steroid dienone is 2. The molecule has 0 bridgehead atoms. The molecule has 6 atom stereocenters. The van der Waals surface area contributed by atoms with E-state index in [1.54, 1.807) is 13.8 Å². The fourth-order valence-corrected chi connectivity index (χ4v) is 3.55. The Kier molecular flexibility index (Phi) is 4.84. The Morgan fingerprint density at radius 2 is 2.08 bits per heavy atom. The van der Waals surface area contributed by atoms with E-state index in [1.807, 2.05) is 26.0 Å². The van der Waals surface area contributed by atoms with Crippen LogP contribution in [0.15, 0.2) is 35.5 Å². The fraction of sp³-hybridized carbons (Fsp3) is 0.600. The normalized spacial score (nSPS) is 44.1. The van der Waals surface area contributed by atoms with Crippen molar-refractivity contribution in [2.75, 3.05) is 0 Å². The highest BCUT2D eigenvalue weighted by molar-refractivity contribution is 5.91. The number of carbonyl (C=O) groups is 2. The largest absolute Gasteiger partial charge is 0.454 e. The lowest BCUT2D eigenvalue weighted by molar-refractivity contribution is -0.160. The van der Waals surface area contributed by atoms with Crippen molar-refractivity contribution in [2.24, 2.45) is 5.92 Å². The zero-order valence-electron chi connectivity index (χ0n) is 15.7. The van der Waals surface area contributed by atoms with Crippen LogP contribution in [0.3, 0.4) is 0 Å². The van der Waals surface area contributed by atoms with Gasteiger partial charge < -0.3 is 19.3 Å². The second-order valence-corrected chi connectivity index (χ2v) is 7.60. The smallest absolute Gasteiger partial charge is 0.341 e. The Hall–Kier alpha value is -1.92. The minimum absolute atomic E-state index is 0.197. The van der Waals surface area contributed by atoms with Crippen molar-refractivity contribution in [1.29, 1.82) is 0 Å². The lowest BCUT2D eigenvalue weighted by atomic mass is 9.84. The van der Waals surface area contributed by atoms with Crippen molar-refractivity contribution in [3.63, 3.8) is 0 Å². The van der Waals surface area contributed by atoms with Crippen molar-refractivity contribution in [3.8, 4) is 0 Å². The molecule has 0 aromatic heterocycles. The summed E-state index contributed by atoms with van der Waals surface area (Å²) in [5.41, 5.74) is 1.03. The summed E-state index contributed by atoms with van der Waals surface area (Å²) in [6.07, 6.45) is 2.48. The molecule has 0 spiro atoms. The fourth-order valence-electron chi connectivity index (χ4n) is 3.55. The molecular weight excluding hydrogens is 336 g/mol. The number of epoxide rings is 1. The molecule has 6 nitrogen and oxygen atoms in total. The van der Waals surface area contributed by atoms with Crippen LogP contribution in [0.5, 0.6) is 0 Å². The summed E-state index contributed by atoms with van der Waals surface area (Å²) in [7, 11) is 0. The van der Waals surface area contributed by atoms with E-state index in [4.69, 9.17) is 14.2 Å². The number of carbonyl (C=O) groups excluding carboxylic acids is 2. The van der Waals surface area contributed by atoms with Gasteiger partial charge in [0.05, 0.1) is 12.0 Å². The highest BCUT2D eigenvalue weighted by Crippen LogP contribution is 2.39. The van der Waals surface area contributed by atoms with E-state index in [1.165, 1.54) is 0 Å². The minimum atomic E-state index is -1.14. The van der Waals surface area contributed by atoms with Crippen LogP contribution in [0.4, 0.5) is 0 Å². The Bertz CT molecular complexity index is 705. The van der Waals surface area contributed by atoms with Gasteiger partial charge in [0.15, 0.2) is 5.60 Å². The van der Waals surface area contributed by atoms with E-state index in [9.17, 15) is 14.7 Å². The Morgan fingerprint density at radius 3 is 2.69 bits per heavy atom. The van der Waals surface area contributed by atoms with Gasteiger partial charge in [-0.05, 0) is 52.2 Å². The van der Waals surface area contributed by atoms with Gasteiger partial charge in [-0.2, -0.15) is 0 Å². The first-order valence-electron chi connectivity index (χ1n) is 8.96. The highest BCUT2D eigenvalue weighted by atomic mass is 16.7. The van der Waals surface area contributed by atoms with Gasteiger partial charge in [-0.1, -0.05) is 18.2 Å². The number of ether oxygens (including phenoxy) is 3. The van der Waals surface area contributed by atoms with Crippen LogP contribution in [0, 0.1) is 5.92 Å². The first-order valence-corrected chi connectivity index (χ1v) is 8.96. The molecule has 0 unspecified atom stereocenters. The summed E-state index contributed by atoms with van der Waals surface area (Å²) in [4.78, 5) is 24.5. The second kappa shape index (κ2) is 6.67. The first-order chi connectivity index (χ1) is 12.1. The van der Waals surface area contributed by atoms with Gasteiger partial charge in [0.25, 0.3) is 0 Å². The monoisotopic (exact) mass is 362 g/mol. The van der Waals surface area contributed by atoms with Gasteiger partial charge in [-0.3, -0.25) is 0 Å². The number of aliphatic hydroxyl groups excluding tert-OH is 1. The summed E-state index contributed by atoms with van der Waals surface area (Å²) in [5, 5.41) is 11.0. The molecule has 3 aliphatic rings. The Balaban J connectivity index is 1.91. The van der Waals surface area contributed by atoms with E-state index >= 15 is 0 Å². The van der Waals surface area contributed by atoms with E-state index in [0.29, 0.717) is 0 Å². The molecule has 0 radical (unpaired) electrons. The first kappa shape index (κ1) is 18.9. The van der Waals surface area contributed by atoms with Crippen LogP contribution in [-0.2, 0) is 23.8 Å². The predicted octanol–water partition coefficient (Wildman–Crippen LogP) is 2.22. The topological polar surface area (TPSA) is 85.4 Å². The maximum absolute atomic E-state index is 12.5. The molecule has 3 rings (SSSR count). The minimum Gasteiger partial charge on any atom is -0.454 e. The van der Waals surface area contributed by atoms with E-state index in [0.717, 1.165) is 24.0 Å². The molecule has 142 valence electrons. The van der Waals surface area contributed by atoms with E-state index in [-0.39, 0.29) is 11.7 Å². The van der Waals surface area contributed by atoms with Gasteiger partial charge in [0.2, 0.25) is 0 Å². The summed E-state index contributed by atoms with van der Waals surface area (Å²) in [5.74, 6) is -1.71. The van der Waals surface area contributed by atoms with Gasteiger partial charge in [0, 0.05) is 5.57 Å². The van der Waals surface area contributed by atoms with Crippen LogP contribution in [0.1, 0.15) is 40.5 Å². The molecule has 1 aliphatic carbocycles. The molecule has 0 saturated carbocycles. The third kappa shape index (κ3) is 3.23. The van der Waals surface area contributed by atoms with Crippen LogP contribution >= 0.6 is 0 Å². The molecule has 6 heteroatoms. The molecule has 26 heavy (non-hydrogen) atoms. The second-order valence-electron chi connectivity index (χ2n) is 7.60. The molecule has 0 aromatic carbocycles. The van der Waals surface area contributed by atoms with Gasteiger partial charge in [-0.25, -0.2) is 9.59 Å². The average molecular weight is 362 g/mol. The van der Waals surface area contributed by atoms with Crippen LogP contribution in [0.25, 0.3) is 0 Å². The predicted molar refractivity (Wildman–Crippen MR) is 94.1 cm³/mol. The maximum Gasteiger partial charge on any atom is 0.341 e. The zero-order chi connectivity index (χ0) is 19.2. The summed E-state index contributed by atoms with van der Waals surface area (Å²) >= 11 is 0. The van der Waals surface area contributed by atoms with E-state index < -0.39 is 41.8 Å². The summed E-state index contributed by atoms with van der Waals surface area (Å²) in [6, 6.07) is 0. The Morgan fingerprint density at radius 1 is 1.42 bits per heavy atom. The zero-order valence-corrected chi connectivity index (χ0v) is 15.7. The van der Waals surface area contributed by atoms with Crippen molar-refractivity contribution in [1.82, 2.24) is 0 Å². The van der Waals surface area contributed by atoms with Crippen LogP contribution < -0.4 is 0 Å². The third-order valence-corrected chi connectivity index (χ3v) is 5.62. The van der Waals surface area contributed by atoms with Crippen molar-refractivity contribution in [2.45, 2.75) is 70.6 Å². The average Bonchev–Trinajstić information content (AvgIpc) is 3.09.